The van der Waals surface area contributed by atoms with Gasteiger partial charge in [0.25, 0.3) is 0 Å². The highest BCUT2D eigenvalue weighted by Crippen LogP contribution is 2.09. The van der Waals surface area contributed by atoms with E-state index in [9.17, 15) is 9.59 Å². The zero-order valence-electron chi connectivity index (χ0n) is 11.3. The molecule has 0 fully saturated rings. The Hall–Kier alpha value is -2.86. The van der Waals surface area contributed by atoms with E-state index in [1.165, 1.54) is 13.8 Å². The third-order valence-corrected chi connectivity index (χ3v) is 2.71. The van der Waals surface area contributed by atoms with Crippen LogP contribution in [0.4, 0.5) is 0 Å². The number of carbonyl (C=O) groups is 2. The van der Waals surface area contributed by atoms with Crippen molar-refractivity contribution in [3.63, 3.8) is 0 Å². The van der Waals surface area contributed by atoms with Gasteiger partial charge in [0.15, 0.2) is 12.4 Å². The zero-order chi connectivity index (χ0) is 15.1. The van der Waals surface area contributed by atoms with Crippen LogP contribution in [0, 0.1) is 22.9 Å². The van der Waals surface area contributed by atoms with Gasteiger partial charge in [0.2, 0.25) is 11.8 Å². The maximum atomic E-state index is 11.1. The van der Waals surface area contributed by atoms with Crippen molar-refractivity contribution in [2.75, 3.05) is 0 Å². The van der Waals surface area contributed by atoms with Gasteiger partial charge in [-0.25, -0.2) is 9.80 Å². The Labute approximate surface area is 117 Å². The Bertz CT molecular complexity index is 528. The molecule has 0 atom stereocenters. The van der Waals surface area contributed by atoms with Gasteiger partial charge in [0.05, 0.1) is 13.1 Å². The van der Waals surface area contributed by atoms with E-state index in [1.54, 1.807) is 24.3 Å². The molecule has 0 heterocycles. The van der Waals surface area contributed by atoms with E-state index >= 15 is 0 Å². The predicted octanol–water partition coefficient (Wildman–Crippen LogP) is 1.35. The highest BCUT2D eigenvalue weighted by atomic mass is 16.2. The van der Waals surface area contributed by atoms with E-state index in [-0.39, 0.29) is 24.9 Å². The van der Waals surface area contributed by atoms with Crippen molar-refractivity contribution in [3.8, 4) is 12.4 Å². The summed E-state index contributed by atoms with van der Waals surface area (Å²) in [5, 5.41) is 17.6. The third kappa shape index (κ3) is 4.11. The number of nitriles is 2. The summed E-state index contributed by atoms with van der Waals surface area (Å²) in [6.45, 7) is 3.08. The molecule has 20 heavy (non-hydrogen) atoms. The largest absolute Gasteiger partial charge is 0.274 e. The van der Waals surface area contributed by atoms with E-state index in [1.807, 2.05) is 12.4 Å². The predicted molar refractivity (Wildman–Crippen MR) is 70.1 cm³/mol. The number of amides is 2. The Morgan fingerprint density at radius 2 is 1.20 bits per heavy atom. The topological polar surface area (TPSA) is 88.2 Å². The highest BCUT2D eigenvalue weighted by molar-refractivity contribution is 5.75. The molecule has 0 aliphatic heterocycles. The molecule has 0 aliphatic carbocycles. The summed E-state index contributed by atoms with van der Waals surface area (Å²) < 4.78 is 0. The minimum Gasteiger partial charge on any atom is -0.274 e. The van der Waals surface area contributed by atoms with E-state index < -0.39 is 0 Å². The SMILES string of the molecule is CC(=O)N(C#N)Cc1ccc(CN(C#N)C(C)=O)cc1. The summed E-state index contributed by atoms with van der Waals surface area (Å²) >= 11 is 0. The molecule has 6 heteroatoms. The molecule has 0 saturated heterocycles. The highest BCUT2D eigenvalue weighted by Gasteiger charge is 2.10. The maximum Gasteiger partial charge on any atom is 0.232 e. The lowest BCUT2D eigenvalue weighted by atomic mass is 10.1. The molecule has 102 valence electrons. The van der Waals surface area contributed by atoms with Crippen LogP contribution in [0.1, 0.15) is 25.0 Å². The first-order chi connectivity index (χ1) is 9.47. The first-order valence-corrected chi connectivity index (χ1v) is 5.91. The molecule has 0 aliphatic rings. The maximum absolute atomic E-state index is 11.1. The average molecular weight is 270 g/mol. The van der Waals surface area contributed by atoms with Gasteiger partial charge in [0.1, 0.15) is 0 Å². The number of rotatable bonds is 4. The summed E-state index contributed by atoms with van der Waals surface area (Å²) in [6.07, 6.45) is 3.62. The first kappa shape index (κ1) is 15.2. The molecule has 1 rings (SSSR count). The van der Waals surface area contributed by atoms with Crippen molar-refractivity contribution in [2.45, 2.75) is 26.9 Å². The van der Waals surface area contributed by atoms with Gasteiger partial charge in [0, 0.05) is 13.8 Å². The van der Waals surface area contributed by atoms with Gasteiger partial charge in [-0.2, -0.15) is 10.5 Å². The molecule has 0 saturated carbocycles. The summed E-state index contributed by atoms with van der Waals surface area (Å²) in [7, 11) is 0. The molecule has 0 unspecified atom stereocenters. The summed E-state index contributed by atoms with van der Waals surface area (Å²) in [6, 6.07) is 7.05. The van der Waals surface area contributed by atoms with Crippen LogP contribution in [0.2, 0.25) is 0 Å². The van der Waals surface area contributed by atoms with Crippen LogP contribution >= 0.6 is 0 Å². The van der Waals surface area contributed by atoms with Gasteiger partial charge < -0.3 is 0 Å². The minimum absolute atomic E-state index is 0.209. The fourth-order valence-electron chi connectivity index (χ4n) is 1.55. The summed E-state index contributed by atoms with van der Waals surface area (Å²) in [5.41, 5.74) is 1.61. The number of carbonyl (C=O) groups excluding carboxylic acids is 2. The number of hydrogen-bond donors (Lipinski definition) is 0. The molecular weight excluding hydrogens is 256 g/mol. The molecule has 6 nitrogen and oxygen atoms in total. The first-order valence-electron chi connectivity index (χ1n) is 5.91. The zero-order valence-corrected chi connectivity index (χ0v) is 11.3. The number of hydrogen-bond acceptors (Lipinski definition) is 4. The summed E-state index contributed by atoms with van der Waals surface area (Å²) in [4.78, 5) is 24.4. The second kappa shape index (κ2) is 6.91. The van der Waals surface area contributed by atoms with Crippen LogP contribution < -0.4 is 0 Å². The molecule has 2 amide bonds. The van der Waals surface area contributed by atoms with E-state index in [0.29, 0.717) is 0 Å². The number of benzene rings is 1. The Balaban J connectivity index is 2.75. The third-order valence-electron chi connectivity index (χ3n) is 2.71. The van der Waals surface area contributed by atoms with Crippen molar-refractivity contribution in [1.29, 1.82) is 10.5 Å². The van der Waals surface area contributed by atoms with Crippen molar-refractivity contribution in [1.82, 2.24) is 9.80 Å². The second-order valence-corrected chi connectivity index (χ2v) is 4.23. The Kier molecular flexibility index (Phi) is 5.25. The van der Waals surface area contributed by atoms with Crippen LogP contribution in [0.3, 0.4) is 0 Å². The standard InChI is InChI=1S/C14H14N4O2/c1-11(19)17(9-15)7-13-3-5-14(6-4-13)8-18(10-16)12(2)20/h3-6H,7-8H2,1-2H3. The van der Waals surface area contributed by atoms with Gasteiger partial charge in [-0.1, -0.05) is 24.3 Å². The van der Waals surface area contributed by atoms with Crippen molar-refractivity contribution >= 4 is 11.8 Å². The summed E-state index contributed by atoms with van der Waals surface area (Å²) in [5.74, 6) is -0.632. The number of nitrogens with zero attached hydrogens (tertiary/aromatic N) is 4. The van der Waals surface area contributed by atoms with Gasteiger partial charge in [-0.15, -0.1) is 0 Å². The van der Waals surface area contributed by atoms with Crippen LogP contribution in [0.25, 0.3) is 0 Å². The minimum atomic E-state index is -0.316. The molecule has 0 N–H and O–H groups in total. The molecule has 1 aromatic rings. The lowest BCUT2D eigenvalue weighted by Crippen LogP contribution is -2.23. The molecule has 0 radical (unpaired) electrons. The van der Waals surface area contributed by atoms with Crippen LogP contribution in [0.5, 0.6) is 0 Å². The molecule has 0 aromatic heterocycles. The normalized spacial score (nSPS) is 9.20. The van der Waals surface area contributed by atoms with Crippen LogP contribution in [-0.2, 0) is 22.7 Å². The van der Waals surface area contributed by atoms with Crippen molar-refractivity contribution < 1.29 is 9.59 Å². The molecule has 0 bridgehead atoms. The van der Waals surface area contributed by atoms with Crippen LogP contribution in [-0.4, -0.2) is 21.6 Å². The van der Waals surface area contributed by atoms with E-state index in [0.717, 1.165) is 20.9 Å². The second-order valence-electron chi connectivity index (χ2n) is 4.23. The van der Waals surface area contributed by atoms with Crippen LogP contribution in [0.15, 0.2) is 24.3 Å². The quantitative estimate of drug-likeness (QED) is 0.610. The van der Waals surface area contributed by atoms with E-state index in [4.69, 9.17) is 10.5 Å². The monoisotopic (exact) mass is 270 g/mol. The Morgan fingerprint density at radius 1 is 0.900 bits per heavy atom. The van der Waals surface area contributed by atoms with Gasteiger partial charge in [-0.3, -0.25) is 9.59 Å². The Morgan fingerprint density at radius 3 is 1.40 bits per heavy atom. The van der Waals surface area contributed by atoms with E-state index in [2.05, 4.69) is 0 Å². The average Bonchev–Trinajstić information content (AvgIpc) is 2.42. The molecule has 0 spiro atoms. The smallest absolute Gasteiger partial charge is 0.232 e. The molecule has 1 aromatic carbocycles. The molecular formula is C14H14N4O2. The lowest BCUT2D eigenvalue weighted by molar-refractivity contribution is -0.127. The van der Waals surface area contributed by atoms with Crippen molar-refractivity contribution in [2.24, 2.45) is 0 Å². The van der Waals surface area contributed by atoms with Crippen molar-refractivity contribution in [3.05, 3.63) is 35.4 Å². The van der Waals surface area contributed by atoms with Gasteiger partial charge >= 0.3 is 0 Å². The lowest BCUT2D eigenvalue weighted by Gasteiger charge is -2.13. The fourth-order valence-corrected chi connectivity index (χ4v) is 1.55. The fraction of sp³-hybridized carbons (Fsp3) is 0.286. The van der Waals surface area contributed by atoms with Gasteiger partial charge in [-0.05, 0) is 11.1 Å².